The third-order valence-corrected chi connectivity index (χ3v) is 3.00. The van der Waals surface area contributed by atoms with Crippen molar-refractivity contribution in [3.05, 3.63) is 35.4 Å². The molecule has 0 unspecified atom stereocenters. The molecule has 0 saturated heterocycles. The molecular formula is C14H18O. The second-order valence-electron chi connectivity index (χ2n) is 4.01. The molecule has 1 aromatic rings. The predicted molar refractivity (Wildman–Crippen MR) is 64.2 cm³/mol. The summed E-state index contributed by atoms with van der Waals surface area (Å²) >= 11 is 0. The highest BCUT2D eigenvalue weighted by atomic mass is 16.5. The average Bonchev–Trinajstić information content (AvgIpc) is 2.29. The van der Waals surface area contributed by atoms with E-state index in [1.165, 1.54) is 36.0 Å². The summed E-state index contributed by atoms with van der Waals surface area (Å²) in [6, 6.07) is 6.44. The van der Waals surface area contributed by atoms with E-state index in [2.05, 4.69) is 31.2 Å². The second-order valence-corrected chi connectivity index (χ2v) is 4.01. The SMILES string of the molecule is CC/C=C1/CCCc2cc(OC)ccc21. The number of rotatable bonds is 2. The van der Waals surface area contributed by atoms with Crippen LogP contribution in [0, 0.1) is 0 Å². The molecule has 0 saturated carbocycles. The van der Waals surface area contributed by atoms with Gasteiger partial charge in [-0.2, -0.15) is 0 Å². The minimum Gasteiger partial charge on any atom is -0.497 e. The number of fused-ring (bicyclic) bond motifs is 1. The molecule has 0 radical (unpaired) electrons. The number of benzene rings is 1. The number of aryl methyl sites for hydroxylation is 1. The first-order valence-corrected chi connectivity index (χ1v) is 5.71. The molecule has 1 heteroatoms. The van der Waals surface area contributed by atoms with Crippen LogP contribution in [0.15, 0.2) is 24.3 Å². The quantitative estimate of drug-likeness (QED) is 0.708. The molecule has 0 bridgehead atoms. The number of allylic oxidation sites excluding steroid dienone is 2. The van der Waals surface area contributed by atoms with Crippen molar-refractivity contribution in [1.29, 1.82) is 0 Å². The van der Waals surface area contributed by atoms with Gasteiger partial charge in [-0.15, -0.1) is 0 Å². The van der Waals surface area contributed by atoms with Gasteiger partial charge in [-0.25, -0.2) is 0 Å². The lowest BCUT2D eigenvalue weighted by Crippen LogP contribution is -2.02. The van der Waals surface area contributed by atoms with Crippen molar-refractivity contribution in [3.8, 4) is 5.75 Å². The average molecular weight is 202 g/mol. The van der Waals surface area contributed by atoms with Crippen molar-refractivity contribution in [3.63, 3.8) is 0 Å². The highest BCUT2D eigenvalue weighted by Crippen LogP contribution is 2.33. The number of hydrogen-bond donors (Lipinski definition) is 0. The second kappa shape index (κ2) is 4.52. The summed E-state index contributed by atoms with van der Waals surface area (Å²) in [5.74, 6) is 0.978. The molecule has 0 fully saturated rings. The van der Waals surface area contributed by atoms with E-state index in [0.29, 0.717) is 0 Å². The Hall–Kier alpha value is -1.24. The van der Waals surface area contributed by atoms with Crippen molar-refractivity contribution in [2.75, 3.05) is 7.11 Å². The first kappa shape index (κ1) is 10.3. The van der Waals surface area contributed by atoms with Crippen molar-refractivity contribution in [2.24, 2.45) is 0 Å². The zero-order valence-electron chi connectivity index (χ0n) is 9.55. The Morgan fingerprint density at radius 1 is 1.33 bits per heavy atom. The highest BCUT2D eigenvalue weighted by molar-refractivity contribution is 5.70. The van der Waals surface area contributed by atoms with Crippen molar-refractivity contribution >= 4 is 5.57 Å². The van der Waals surface area contributed by atoms with Gasteiger partial charge in [0.05, 0.1) is 7.11 Å². The Morgan fingerprint density at radius 3 is 2.93 bits per heavy atom. The summed E-state index contributed by atoms with van der Waals surface area (Å²) in [6.07, 6.45) is 7.16. The van der Waals surface area contributed by atoms with Crippen LogP contribution in [-0.4, -0.2) is 7.11 Å². The summed E-state index contributed by atoms with van der Waals surface area (Å²) in [6.45, 7) is 2.20. The monoisotopic (exact) mass is 202 g/mol. The fraction of sp³-hybridized carbons (Fsp3) is 0.429. The van der Waals surface area contributed by atoms with Gasteiger partial charge in [0.2, 0.25) is 0 Å². The van der Waals surface area contributed by atoms with E-state index in [1.807, 2.05) is 0 Å². The van der Waals surface area contributed by atoms with Gasteiger partial charge in [0.1, 0.15) is 5.75 Å². The van der Waals surface area contributed by atoms with Gasteiger partial charge in [0.25, 0.3) is 0 Å². The zero-order chi connectivity index (χ0) is 10.7. The van der Waals surface area contributed by atoms with Crippen LogP contribution in [0.4, 0.5) is 0 Å². The Balaban J connectivity index is 2.41. The van der Waals surface area contributed by atoms with Crippen LogP contribution in [0.3, 0.4) is 0 Å². The van der Waals surface area contributed by atoms with E-state index in [9.17, 15) is 0 Å². The van der Waals surface area contributed by atoms with E-state index in [1.54, 1.807) is 7.11 Å². The van der Waals surface area contributed by atoms with Crippen molar-refractivity contribution < 1.29 is 4.74 Å². The van der Waals surface area contributed by atoms with Crippen LogP contribution in [-0.2, 0) is 6.42 Å². The first-order valence-electron chi connectivity index (χ1n) is 5.71. The van der Waals surface area contributed by atoms with E-state index < -0.39 is 0 Å². The third kappa shape index (κ3) is 2.06. The Morgan fingerprint density at radius 2 is 2.20 bits per heavy atom. The van der Waals surface area contributed by atoms with Gasteiger partial charge in [-0.1, -0.05) is 19.1 Å². The van der Waals surface area contributed by atoms with Crippen LogP contribution in [0.1, 0.15) is 37.3 Å². The molecular weight excluding hydrogens is 184 g/mol. The standard InChI is InChI=1S/C14H18O/c1-3-5-11-6-4-7-12-10-13(15-2)8-9-14(11)12/h5,8-10H,3-4,6-7H2,1-2H3/b11-5-. The molecule has 0 aromatic heterocycles. The van der Waals surface area contributed by atoms with Crippen LogP contribution in [0.25, 0.3) is 5.57 Å². The van der Waals surface area contributed by atoms with Crippen molar-refractivity contribution in [2.45, 2.75) is 32.6 Å². The van der Waals surface area contributed by atoms with Gasteiger partial charge in [-0.05, 0) is 54.5 Å². The number of methoxy groups -OCH3 is 1. The summed E-state index contributed by atoms with van der Waals surface area (Å²) in [7, 11) is 1.73. The molecule has 1 aliphatic carbocycles. The Bertz CT molecular complexity index is 377. The largest absolute Gasteiger partial charge is 0.497 e. The minimum absolute atomic E-state index is 0.978. The first-order chi connectivity index (χ1) is 7.35. The van der Waals surface area contributed by atoms with Gasteiger partial charge < -0.3 is 4.74 Å². The van der Waals surface area contributed by atoms with E-state index >= 15 is 0 Å². The summed E-state index contributed by atoms with van der Waals surface area (Å²) in [4.78, 5) is 0. The molecule has 0 N–H and O–H groups in total. The minimum atomic E-state index is 0.978. The maximum absolute atomic E-state index is 5.26. The zero-order valence-corrected chi connectivity index (χ0v) is 9.55. The summed E-state index contributed by atoms with van der Waals surface area (Å²) in [5, 5.41) is 0. The highest BCUT2D eigenvalue weighted by Gasteiger charge is 2.13. The maximum atomic E-state index is 5.26. The van der Waals surface area contributed by atoms with Crippen molar-refractivity contribution in [1.82, 2.24) is 0 Å². The van der Waals surface area contributed by atoms with E-state index in [-0.39, 0.29) is 0 Å². The molecule has 1 aliphatic rings. The summed E-state index contributed by atoms with van der Waals surface area (Å²) < 4.78 is 5.26. The number of hydrogen-bond acceptors (Lipinski definition) is 1. The molecule has 15 heavy (non-hydrogen) atoms. The van der Waals surface area contributed by atoms with Gasteiger partial charge in [0.15, 0.2) is 0 Å². The normalized spacial score (nSPS) is 17.6. The Labute approximate surface area is 91.8 Å². The predicted octanol–water partition coefficient (Wildman–Crippen LogP) is 3.82. The lowest BCUT2D eigenvalue weighted by Gasteiger charge is -2.19. The molecule has 0 heterocycles. The molecule has 1 aromatic carbocycles. The molecule has 1 nitrogen and oxygen atoms in total. The van der Waals surface area contributed by atoms with Crippen LogP contribution >= 0.6 is 0 Å². The van der Waals surface area contributed by atoms with E-state index in [0.717, 1.165) is 12.2 Å². The fourth-order valence-electron chi connectivity index (χ4n) is 2.28. The molecule has 0 spiro atoms. The molecule has 0 atom stereocenters. The maximum Gasteiger partial charge on any atom is 0.119 e. The topological polar surface area (TPSA) is 9.23 Å². The lowest BCUT2D eigenvalue weighted by molar-refractivity contribution is 0.414. The van der Waals surface area contributed by atoms with Gasteiger partial charge in [-0.3, -0.25) is 0 Å². The lowest BCUT2D eigenvalue weighted by atomic mass is 9.87. The molecule has 0 aliphatic heterocycles. The van der Waals surface area contributed by atoms with E-state index in [4.69, 9.17) is 4.74 Å². The van der Waals surface area contributed by atoms with Gasteiger partial charge >= 0.3 is 0 Å². The number of ether oxygens (including phenoxy) is 1. The molecule has 0 amide bonds. The molecule has 2 rings (SSSR count). The van der Waals surface area contributed by atoms with Gasteiger partial charge in [0, 0.05) is 0 Å². The Kier molecular flexibility index (Phi) is 3.10. The molecule has 80 valence electrons. The van der Waals surface area contributed by atoms with Crippen LogP contribution < -0.4 is 4.74 Å². The third-order valence-electron chi connectivity index (χ3n) is 3.00. The summed E-state index contributed by atoms with van der Waals surface area (Å²) in [5.41, 5.74) is 4.39. The van der Waals surface area contributed by atoms with Crippen LogP contribution in [0.5, 0.6) is 5.75 Å². The smallest absolute Gasteiger partial charge is 0.119 e. The van der Waals surface area contributed by atoms with Crippen LogP contribution in [0.2, 0.25) is 0 Å². The fourth-order valence-corrected chi connectivity index (χ4v) is 2.28.